The van der Waals surface area contributed by atoms with E-state index in [4.69, 9.17) is 28.8 Å². The molecule has 4 aromatic rings. The number of aromatic nitrogens is 2. The molecule has 0 bridgehead atoms. The quantitative estimate of drug-likeness (QED) is 0.0346. The van der Waals surface area contributed by atoms with Crippen molar-refractivity contribution in [2.75, 3.05) is 96.7 Å². The predicted molar refractivity (Wildman–Crippen MR) is 254 cm³/mol. The maximum atomic E-state index is 14.1. The summed E-state index contributed by atoms with van der Waals surface area (Å²) in [5, 5.41) is 30.5. The summed E-state index contributed by atoms with van der Waals surface area (Å²) in [5.74, 6) is -2.10. The van der Waals surface area contributed by atoms with Crippen molar-refractivity contribution in [3.8, 4) is 28.3 Å². The number of benzene rings is 3. The molecule has 69 heavy (non-hydrogen) atoms. The number of esters is 1. The van der Waals surface area contributed by atoms with Crippen molar-refractivity contribution in [3.05, 3.63) is 83.4 Å². The minimum atomic E-state index is -1.03. The van der Waals surface area contributed by atoms with E-state index in [2.05, 4.69) is 32.0 Å². The van der Waals surface area contributed by atoms with Crippen molar-refractivity contribution in [1.29, 1.82) is 0 Å². The van der Waals surface area contributed by atoms with E-state index < -0.39 is 29.6 Å². The average molecular weight is 956 g/mol. The molecule has 1 fully saturated rings. The number of carbonyl (C=O) groups is 6. The van der Waals surface area contributed by atoms with Crippen molar-refractivity contribution in [3.63, 3.8) is 0 Å². The van der Waals surface area contributed by atoms with Gasteiger partial charge >= 0.3 is 12.0 Å². The lowest BCUT2D eigenvalue weighted by Gasteiger charge is -2.27. The number of carbonyl (C=O) groups excluding carboxylic acids is 6. The summed E-state index contributed by atoms with van der Waals surface area (Å²) in [7, 11) is 1.77. The van der Waals surface area contributed by atoms with Crippen LogP contribution in [0.15, 0.2) is 66.7 Å². The van der Waals surface area contributed by atoms with Crippen LogP contribution in [0.1, 0.15) is 59.9 Å². The van der Waals surface area contributed by atoms with Gasteiger partial charge in [-0.3, -0.25) is 29.3 Å². The lowest BCUT2D eigenvalue weighted by Crippen LogP contribution is -2.49. The Bertz CT molecular complexity index is 2410. The van der Waals surface area contributed by atoms with Crippen LogP contribution in [0.25, 0.3) is 22.5 Å². The van der Waals surface area contributed by atoms with E-state index in [9.17, 15) is 33.9 Å². The normalized spacial score (nSPS) is 13.7. The number of fused-ring (bicyclic) bond motifs is 3. The van der Waals surface area contributed by atoms with Gasteiger partial charge in [0.15, 0.2) is 5.78 Å². The summed E-state index contributed by atoms with van der Waals surface area (Å²) in [6.07, 6.45) is 0.0151. The van der Waals surface area contributed by atoms with Gasteiger partial charge in [-0.05, 0) is 81.8 Å². The number of amides is 5. The second-order valence-corrected chi connectivity index (χ2v) is 17.0. The molecule has 0 spiro atoms. The van der Waals surface area contributed by atoms with E-state index in [1.807, 2.05) is 0 Å². The Morgan fingerprint density at radius 2 is 1.45 bits per heavy atom. The summed E-state index contributed by atoms with van der Waals surface area (Å²) in [4.78, 5) is 78.6. The number of hydrazine groups is 1. The molecule has 1 aromatic heterocycles. The number of phenols is 1. The minimum Gasteiger partial charge on any atom is -0.508 e. The van der Waals surface area contributed by atoms with E-state index in [1.54, 1.807) is 87.4 Å². The smallest absolute Gasteiger partial charge is 0.333 e. The van der Waals surface area contributed by atoms with Gasteiger partial charge in [-0.1, -0.05) is 12.1 Å². The van der Waals surface area contributed by atoms with Crippen LogP contribution in [-0.4, -0.2) is 153 Å². The van der Waals surface area contributed by atoms with Crippen molar-refractivity contribution < 1.29 is 57.6 Å². The molecule has 0 radical (unpaired) electrons. The van der Waals surface area contributed by atoms with Gasteiger partial charge in [0.1, 0.15) is 29.6 Å². The molecule has 6 rings (SSSR count). The fourth-order valence-electron chi connectivity index (χ4n) is 7.36. The van der Waals surface area contributed by atoms with Crippen molar-refractivity contribution in [2.24, 2.45) is 0 Å². The van der Waals surface area contributed by atoms with Crippen LogP contribution in [0.2, 0.25) is 0 Å². The third-order valence-corrected chi connectivity index (χ3v) is 10.7. The van der Waals surface area contributed by atoms with E-state index >= 15 is 0 Å². The zero-order valence-corrected chi connectivity index (χ0v) is 39.3. The number of nitrogens with one attached hydrogen (secondary N) is 6. The molecular weight excluding hydrogens is 895 g/mol. The summed E-state index contributed by atoms with van der Waals surface area (Å²) >= 11 is 0. The van der Waals surface area contributed by atoms with Crippen LogP contribution >= 0.6 is 0 Å². The summed E-state index contributed by atoms with van der Waals surface area (Å²) in [5.41, 5.74) is 5.93. The van der Waals surface area contributed by atoms with Crippen molar-refractivity contribution >= 4 is 46.9 Å². The molecule has 1 aliphatic carbocycles. The Balaban J connectivity index is 0.868. The fraction of sp³-hybridized carbons (Fsp3) is 0.438. The number of aromatic hydroxyl groups is 1. The Morgan fingerprint density at radius 1 is 0.812 bits per heavy atom. The van der Waals surface area contributed by atoms with E-state index in [0.717, 1.165) is 5.69 Å². The topological polar surface area (TPSA) is 262 Å². The summed E-state index contributed by atoms with van der Waals surface area (Å²) < 4.78 is 29.0. The highest BCUT2D eigenvalue weighted by molar-refractivity contribution is 6.27. The lowest BCUT2D eigenvalue weighted by atomic mass is 10.0. The molecular formula is C48H61N9O12. The number of nitrogens with zero attached hydrogens (tertiary/aromatic N) is 3. The molecule has 1 aliphatic heterocycles. The number of hydrogen-bond acceptors (Lipinski definition) is 15. The Kier molecular flexibility index (Phi) is 18.6. The van der Waals surface area contributed by atoms with Crippen LogP contribution in [0, 0.1) is 0 Å². The molecule has 3 aromatic carbocycles. The number of anilines is 2. The van der Waals surface area contributed by atoms with Crippen LogP contribution in [-0.2, 0) is 44.6 Å². The standard InChI is InChI=1S/C48H61N9O12/c1-48(2,3)69-46(63)37(52-45(62)32-8-12-33(49-4)13-9-32)16-17-38(59)50-18-22-65-26-28-68-29-27-66-23-19-51-39(60)30-57-43(31-10-14-34(58)15-11-31)41-42(54-57)35-6-5-7-36(40(35)44(41)61)53-47(64)55-56-20-24-67-25-21-56/h5-15,37,49,58H,16-30H2,1-4H3,(H,50,59)(H,51,60)(H,52,62)(H2,53,55,64)/t37-/m0/s1. The summed E-state index contributed by atoms with van der Waals surface area (Å²) in [6, 6.07) is 16.6. The van der Waals surface area contributed by atoms with Gasteiger partial charge in [0.25, 0.3) is 5.91 Å². The highest BCUT2D eigenvalue weighted by Gasteiger charge is 2.37. The second kappa shape index (κ2) is 24.9. The number of phenolic OH excluding ortho intramolecular Hbond substituents is 1. The number of morpholine rings is 1. The largest absolute Gasteiger partial charge is 0.508 e. The Morgan fingerprint density at radius 3 is 2.09 bits per heavy atom. The first-order valence-corrected chi connectivity index (χ1v) is 22.8. The monoisotopic (exact) mass is 955 g/mol. The van der Waals surface area contributed by atoms with Crippen molar-refractivity contribution in [2.45, 2.75) is 51.8 Å². The third-order valence-electron chi connectivity index (χ3n) is 10.7. The summed E-state index contributed by atoms with van der Waals surface area (Å²) in [6.45, 7) is 9.00. The number of rotatable bonds is 24. The first-order valence-electron chi connectivity index (χ1n) is 22.8. The maximum Gasteiger partial charge on any atom is 0.333 e. The van der Waals surface area contributed by atoms with Gasteiger partial charge in [0.2, 0.25) is 11.8 Å². The van der Waals surface area contributed by atoms with Gasteiger partial charge < -0.3 is 55.4 Å². The molecule has 0 unspecified atom stereocenters. The average Bonchev–Trinajstić information content (AvgIpc) is 3.82. The highest BCUT2D eigenvalue weighted by atomic mass is 16.6. The van der Waals surface area contributed by atoms with Crippen LogP contribution in [0.5, 0.6) is 5.75 Å². The molecule has 21 nitrogen and oxygen atoms in total. The van der Waals surface area contributed by atoms with Gasteiger partial charge in [0.05, 0.1) is 75.4 Å². The minimum absolute atomic E-state index is 0.0265. The maximum absolute atomic E-state index is 14.1. The molecule has 1 atom stereocenters. The van der Waals surface area contributed by atoms with E-state index in [1.165, 1.54) is 16.8 Å². The fourth-order valence-corrected chi connectivity index (χ4v) is 7.36. The lowest BCUT2D eigenvalue weighted by molar-refractivity contribution is -0.157. The molecule has 0 saturated carbocycles. The second-order valence-electron chi connectivity index (χ2n) is 17.0. The van der Waals surface area contributed by atoms with E-state index in [0.29, 0.717) is 60.1 Å². The Hall–Kier alpha value is -6.91. The van der Waals surface area contributed by atoms with Gasteiger partial charge in [-0.15, -0.1) is 0 Å². The van der Waals surface area contributed by atoms with Crippen LogP contribution < -0.4 is 32.0 Å². The SMILES string of the molecule is CNc1ccc(C(=O)N[C@@H](CCC(=O)NCCOCCOCCOCCNC(=O)Cn2nc3c(c2-c2ccc(O)cc2)C(=O)c2c(NC(=O)NN4CCOCC4)cccc2-3)C(=O)OC(C)(C)C)cc1. The van der Waals surface area contributed by atoms with Gasteiger partial charge in [-0.2, -0.15) is 5.10 Å². The Labute approximate surface area is 399 Å². The van der Waals surface area contributed by atoms with Crippen LogP contribution in [0.4, 0.5) is 16.2 Å². The number of ketones is 1. The molecule has 1 saturated heterocycles. The molecule has 370 valence electrons. The molecule has 5 amide bonds. The third kappa shape index (κ3) is 15.0. The molecule has 2 heterocycles. The zero-order chi connectivity index (χ0) is 49.3. The van der Waals surface area contributed by atoms with Crippen LogP contribution in [0.3, 0.4) is 0 Å². The number of hydrogen-bond donors (Lipinski definition) is 7. The molecule has 2 aliphatic rings. The first kappa shape index (κ1) is 51.5. The van der Waals surface area contributed by atoms with E-state index in [-0.39, 0.29) is 107 Å². The van der Waals surface area contributed by atoms with Gasteiger partial charge in [0, 0.05) is 62.0 Å². The number of ether oxygens (including phenoxy) is 5. The first-order chi connectivity index (χ1) is 33.2. The molecule has 21 heteroatoms. The van der Waals surface area contributed by atoms with Gasteiger partial charge in [-0.25, -0.2) is 14.6 Å². The zero-order valence-electron chi connectivity index (χ0n) is 39.3. The number of urea groups is 1. The highest BCUT2D eigenvalue weighted by Crippen LogP contribution is 2.44. The molecule has 7 N–H and O–H groups in total. The van der Waals surface area contributed by atoms with Crippen molar-refractivity contribution in [1.82, 2.24) is 36.2 Å². The predicted octanol–water partition coefficient (Wildman–Crippen LogP) is 3.08.